The van der Waals surface area contributed by atoms with Crippen LogP contribution in [0.15, 0.2) is 35.1 Å². The van der Waals surface area contributed by atoms with Crippen LogP contribution in [-0.2, 0) is 5.54 Å². The van der Waals surface area contributed by atoms with Gasteiger partial charge in [0.1, 0.15) is 5.52 Å². The van der Waals surface area contributed by atoms with Gasteiger partial charge >= 0.3 is 0 Å². The third-order valence-electron chi connectivity index (χ3n) is 4.10. The van der Waals surface area contributed by atoms with Crippen LogP contribution in [0.3, 0.4) is 0 Å². The van der Waals surface area contributed by atoms with Crippen molar-refractivity contribution < 1.29 is 4.52 Å². The highest BCUT2D eigenvalue weighted by Crippen LogP contribution is 2.35. The van der Waals surface area contributed by atoms with E-state index in [0.29, 0.717) is 11.7 Å². The van der Waals surface area contributed by atoms with Crippen LogP contribution in [0.5, 0.6) is 0 Å². The van der Waals surface area contributed by atoms with Crippen LogP contribution in [0.1, 0.15) is 31.5 Å². The monoisotopic (exact) mass is 281 g/mol. The molecule has 106 valence electrons. The van der Waals surface area contributed by atoms with Crippen molar-refractivity contribution in [3.63, 3.8) is 0 Å². The summed E-state index contributed by atoms with van der Waals surface area (Å²) in [5.74, 6) is 1.05. The Balaban J connectivity index is 1.81. The first-order valence-electron chi connectivity index (χ1n) is 7.09. The number of fused-ring (bicyclic) bond motifs is 1. The van der Waals surface area contributed by atoms with Crippen molar-refractivity contribution in [1.29, 1.82) is 0 Å². The van der Waals surface area contributed by atoms with E-state index in [4.69, 9.17) is 10.3 Å². The van der Waals surface area contributed by atoms with E-state index >= 15 is 0 Å². The first-order chi connectivity index (χ1) is 10.3. The van der Waals surface area contributed by atoms with Gasteiger partial charge < -0.3 is 10.3 Å². The van der Waals surface area contributed by atoms with Gasteiger partial charge in [0.15, 0.2) is 5.82 Å². The van der Waals surface area contributed by atoms with Gasteiger partial charge in [-0.1, -0.05) is 24.1 Å². The van der Waals surface area contributed by atoms with Gasteiger partial charge in [-0.05, 0) is 25.0 Å². The van der Waals surface area contributed by atoms with Crippen LogP contribution >= 0.6 is 0 Å². The van der Waals surface area contributed by atoms with Crippen molar-refractivity contribution in [3.8, 4) is 11.5 Å². The summed E-state index contributed by atoms with van der Waals surface area (Å²) < 4.78 is 5.43. The molecule has 1 aliphatic carbocycles. The lowest BCUT2D eigenvalue weighted by atomic mass is 9.98. The maximum absolute atomic E-state index is 6.37. The number of para-hydroxylation sites is 1. The molecule has 2 aromatic heterocycles. The van der Waals surface area contributed by atoms with E-state index in [1.165, 1.54) is 0 Å². The van der Waals surface area contributed by atoms with Gasteiger partial charge in [-0.2, -0.15) is 4.98 Å². The SMILES string of the molecule is NC1(c2noc(-c3cccc4nccnc34)n2)CCCC1. The summed E-state index contributed by atoms with van der Waals surface area (Å²) in [5.41, 5.74) is 8.28. The van der Waals surface area contributed by atoms with Gasteiger partial charge in [-0.3, -0.25) is 9.97 Å². The van der Waals surface area contributed by atoms with Crippen LogP contribution in [0.25, 0.3) is 22.5 Å². The zero-order valence-electron chi connectivity index (χ0n) is 11.5. The Kier molecular flexibility index (Phi) is 2.71. The summed E-state index contributed by atoms with van der Waals surface area (Å²) in [6.45, 7) is 0. The van der Waals surface area contributed by atoms with Gasteiger partial charge in [-0.25, -0.2) is 0 Å². The molecular weight excluding hydrogens is 266 g/mol. The topological polar surface area (TPSA) is 90.7 Å². The lowest BCUT2D eigenvalue weighted by molar-refractivity contribution is 0.373. The average Bonchev–Trinajstić information content (AvgIpc) is 3.16. The largest absolute Gasteiger partial charge is 0.334 e. The fourth-order valence-electron chi connectivity index (χ4n) is 2.93. The van der Waals surface area contributed by atoms with Crippen LogP contribution in [0.2, 0.25) is 0 Å². The van der Waals surface area contributed by atoms with Gasteiger partial charge in [0.25, 0.3) is 5.89 Å². The van der Waals surface area contributed by atoms with Crippen molar-refractivity contribution in [2.45, 2.75) is 31.2 Å². The molecule has 0 unspecified atom stereocenters. The molecule has 2 heterocycles. The molecule has 0 radical (unpaired) electrons. The van der Waals surface area contributed by atoms with Crippen molar-refractivity contribution in [1.82, 2.24) is 20.1 Å². The Bertz CT molecular complexity index is 786. The lowest BCUT2D eigenvalue weighted by Gasteiger charge is -2.17. The van der Waals surface area contributed by atoms with E-state index < -0.39 is 5.54 Å². The molecule has 0 spiro atoms. The molecule has 0 atom stereocenters. The molecule has 1 aromatic carbocycles. The fourth-order valence-corrected chi connectivity index (χ4v) is 2.93. The van der Waals surface area contributed by atoms with Crippen LogP contribution in [0, 0.1) is 0 Å². The Labute approximate surface area is 121 Å². The standard InChI is InChI=1S/C15H15N5O/c16-15(6-1-2-7-15)14-19-13(21-20-14)10-4-3-5-11-12(10)18-9-8-17-11/h3-5,8-9H,1-2,6-7,16H2. The average molecular weight is 281 g/mol. The Morgan fingerprint density at radius 1 is 1.10 bits per heavy atom. The summed E-state index contributed by atoms with van der Waals surface area (Å²) in [4.78, 5) is 13.2. The number of rotatable bonds is 2. The van der Waals surface area contributed by atoms with Gasteiger partial charge in [0.2, 0.25) is 0 Å². The minimum absolute atomic E-state index is 0.446. The number of nitrogens with two attached hydrogens (primary N) is 1. The number of hydrogen-bond donors (Lipinski definition) is 1. The normalized spacial score (nSPS) is 17.4. The second kappa shape index (κ2) is 4.60. The van der Waals surface area contributed by atoms with E-state index in [0.717, 1.165) is 42.3 Å². The second-order valence-electron chi connectivity index (χ2n) is 5.52. The molecule has 21 heavy (non-hydrogen) atoms. The highest BCUT2D eigenvalue weighted by Gasteiger charge is 2.36. The molecule has 6 nitrogen and oxygen atoms in total. The summed E-state index contributed by atoms with van der Waals surface area (Å²) in [7, 11) is 0. The van der Waals surface area contributed by atoms with Crippen LogP contribution in [0.4, 0.5) is 0 Å². The first kappa shape index (κ1) is 12.4. The zero-order valence-corrected chi connectivity index (χ0v) is 11.5. The maximum Gasteiger partial charge on any atom is 0.260 e. The van der Waals surface area contributed by atoms with Gasteiger partial charge in [0.05, 0.1) is 16.6 Å². The third kappa shape index (κ3) is 1.99. The molecule has 2 N–H and O–H groups in total. The molecule has 1 fully saturated rings. The van der Waals surface area contributed by atoms with Crippen LogP contribution in [-0.4, -0.2) is 20.1 Å². The van der Waals surface area contributed by atoms with E-state index in [1.807, 2.05) is 18.2 Å². The molecular formula is C15H15N5O. The van der Waals surface area contributed by atoms with Crippen molar-refractivity contribution in [2.75, 3.05) is 0 Å². The first-order valence-corrected chi connectivity index (χ1v) is 7.09. The minimum atomic E-state index is -0.446. The zero-order chi connectivity index (χ0) is 14.3. The lowest BCUT2D eigenvalue weighted by Crippen LogP contribution is -2.34. The Morgan fingerprint density at radius 3 is 2.76 bits per heavy atom. The molecule has 1 saturated carbocycles. The summed E-state index contributed by atoms with van der Waals surface area (Å²) in [6, 6.07) is 5.72. The minimum Gasteiger partial charge on any atom is -0.334 e. The Hall–Kier alpha value is -2.34. The smallest absolute Gasteiger partial charge is 0.260 e. The predicted molar refractivity (Wildman–Crippen MR) is 77.2 cm³/mol. The molecule has 0 amide bonds. The Morgan fingerprint density at radius 2 is 1.90 bits per heavy atom. The van der Waals surface area contributed by atoms with Crippen molar-refractivity contribution in [2.24, 2.45) is 5.73 Å². The second-order valence-corrected chi connectivity index (χ2v) is 5.52. The maximum atomic E-state index is 6.37. The van der Waals surface area contributed by atoms with E-state index in [1.54, 1.807) is 12.4 Å². The van der Waals surface area contributed by atoms with Gasteiger partial charge in [-0.15, -0.1) is 0 Å². The molecule has 4 rings (SSSR count). The molecule has 1 aliphatic rings. The van der Waals surface area contributed by atoms with E-state index in [-0.39, 0.29) is 0 Å². The summed E-state index contributed by atoms with van der Waals surface area (Å²) >= 11 is 0. The molecule has 0 aliphatic heterocycles. The van der Waals surface area contributed by atoms with Gasteiger partial charge in [0, 0.05) is 12.4 Å². The quantitative estimate of drug-likeness (QED) is 0.775. The number of aromatic nitrogens is 4. The summed E-state index contributed by atoms with van der Waals surface area (Å²) in [5, 5.41) is 4.09. The van der Waals surface area contributed by atoms with Crippen LogP contribution < -0.4 is 5.73 Å². The molecule has 0 bridgehead atoms. The summed E-state index contributed by atoms with van der Waals surface area (Å²) in [6.07, 6.45) is 7.35. The molecule has 0 saturated heterocycles. The number of benzene rings is 1. The predicted octanol–water partition coefficient (Wildman–Crippen LogP) is 2.41. The fraction of sp³-hybridized carbons (Fsp3) is 0.333. The van der Waals surface area contributed by atoms with E-state index in [9.17, 15) is 0 Å². The van der Waals surface area contributed by atoms with Crippen molar-refractivity contribution in [3.05, 3.63) is 36.4 Å². The highest BCUT2D eigenvalue weighted by atomic mass is 16.5. The number of nitrogens with zero attached hydrogens (tertiary/aromatic N) is 4. The third-order valence-corrected chi connectivity index (χ3v) is 4.10. The molecule has 3 aromatic rings. The molecule has 6 heteroatoms. The highest BCUT2D eigenvalue weighted by molar-refractivity contribution is 5.88. The van der Waals surface area contributed by atoms with E-state index in [2.05, 4.69) is 20.1 Å². The number of hydrogen-bond acceptors (Lipinski definition) is 6. The van der Waals surface area contributed by atoms with Crippen molar-refractivity contribution >= 4 is 11.0 Å².